The van der Waals surface area contributed by atoms with Gasteiger partial charge in [-0.25, -0.2) is 8.78 Å². The molecule has 3 heterocycles. The summed E-state index contributed by atoms with van der Waals surface area (Å²) in [5, 5.41) is 17.1. The summed E-state index contributed by atoms with van der Waals surface area (Å²) in [5.74, 6) is -2.12. The zero-order valence-electron chi connectivity index (χ0n) is 22.9. The van der Waals surface area contributed by atoms with E-state index >= 15 is 4.39 Å². The Morgan fingerprint density at radius 1 is 1.00 bits per heavy atom. The zero-order valence-corrected chi connectivity index (χ0v) is 23.6. The maximum Gasteiger partial charge on any atom is 0.251 e. The standard InChI is InChI=1S/C30H27ClF2N8O2/c31-24-9-10-26(41-18-35-37-38-41)23(28(24)33)8-11-27(42)40-15-12-21-22(2-1-3-25(21)39-16-13-34-14-17-39)29(40)30(43)36-20-6-4-19(32)5-7-20/h1-11,18,29,34H,12-17H2,(H,36,43)/b11-8+. The van der Waals surface area contributed by atoms with Crippen molar-refractivity contribution in [2.24, 2.45) is 0 Å². The van der Waals surface area contributed by atoms with Crippen molar-refractivity contribution < 1.29 is 18.4 Å². The number of piperazine rings is 1. The number of nitrogens with zero attached hydrogens (tertiary/aromatic N) is 6. The molecule has 1 unspecified atom stereocenters. The Kier molecular flexibility index (Phi) is 8.12. The van der Waals surface area contributed by atoms with Gasteiger partial charge in [-0.3, -0.25) is 9.59 Å². The van der Waals surface area contributed by atoms with Crippen LogP contribution in [0.3, 0.4) is 0 Å². The van der Waals surface area contributed by atoms with Crippen LogP contribution in [-0.2, 0) is 16.0 Å². The Balaban J connectivity index is 1.36. The molecular formula is C30H27ClF2N8O2. The number of rotatable bonds is 6. The summed E-state index contributed by atoms with van der Waals surface area (Å²) >= 11 is 6.05. The highest BCUT2D eigenvalue weighted by atomic mass is 35.5. The number of fused-ring (bicyclic) bond motifs is 1. The summed E-state index contributed by atoms with van der Waals surface area (Å²) in [6.07, 6.45) is 4.35. The largest absolute Gasteiger partial charge is 0.369 e. The van der Waals surface area contributed by atoms with Crippen molar-refractivity contribution in [2.75, 3.05) is 42.9 Å². The van der Waals surface area contributed by atoms with Crippen LogP contribution in [0.25, 0.3) is 11.8 Å². The number of amides is 2. The van der Waals surface area contributed by atoms with E-state index in [-0.39, 0.29) is 22.8 Å². The number of hydrogen-bond donors (Lipinski definition) is 2. The van der Waals surface area contributed by atoms with Crippen molar-refractivity contribution >= 4 is 40.9 Å². The quantitative estimate of drug-likeness (QED) is 0.323. The first-order valence-corrected chi connectivity index (χ1v) is 14.1. The van der Waals surface area contributed by atoms with E-state index in [2.05, 4.69) is 31.1 Å². The van der Waals surface area contributed by atoms with Crippen molar-refractivity contribution in [3.8, 4) is 5.69 Å². The molecule has 10 nitrogen and oxygen atoms in total. The lowest BCUT2D eigenvalue weighted by atomic mass is 9.89. The average molecular weight is 605 g/mol. The first kappa shape index (κ1) is 28.4. The third-order valence-electron chi connectivity index (χ3n) is 7.60. The summed E-state index contributed by atoms with van der Waals surface area (Å²) in [4.78, 5) is 31.4. The lowest BCUT2D eigenvalue weighted by Crippen LogP contribution is -2.47. The van der Waals surface area contributed by atoms with Gasteiger partial charge in [-0.2, -0.15) is 4.68 Å². The Labute approximate surface area is 250 Å². The third kappa shape index (κ3) is 5.84. The van der Waals surface area contributed by atoms with Crippen LogP contribution in [0.2, 0.25) is 5.02 Å². The van der Waals surface area contributed by atoms with Crippen molar-refractivity contribution in [2.45, 2.75) is 12.5 Å². The number of hydrogen-bond acceptors (Lipinski definition) is 7. The summed E-state index contributed by atoms with van der Waals surface area (Å²) in [7, 11) is 0. The highest BCUT2D eigenvalue weighted by molar-refractivity contribution is 6.31. The van der Waals surface area contributed by atoms with Gasteiger partial charge in [0.25, 0.3) is 5.91 Å². The minimum absolute atomic E-state index is 0.0128. The molecule has 220 valence electrons. The molecule has 2 aliphatic heterocycles. The number of aromatic nitrogens is 4. The molecule has 1 atom stereocenters. The first-order chi connectivity index (χ1) is 20.9. The van der Waals surface area contributed by atoms with Crippen LogP contribution >= 0.6 is 11.6 Å². The number of halogens is 3. The highest BCUT2D eigenvalue weighted by Gasteiger charge is 2.37. The lowest BCUT2D eigenvalue weighted by Gasteiger charge is -2.39. The van der Waals surface area contributed by atoms with E-state index in [1.807, 2.05) is 18.2 Å². The Hall–Kier alpha value is -4.68. The number of tetrazole rings is 1. The molecular weight excluding hydrogens is 578 g/mol. The van der Waals surface area contributed by atoms with Crippen LogP contribution in [0.15, 0.2) is 67.0 Å². The second kappa shape index (κ2) is 12.3. The SMILES string of the molecule is O=C(Nc1ccc(F)cc1)C1c2cccc(N3CCNCC3)c2CCN1C(=O)/C=C/c1c(-n2cnnn2)ccc(Cl)c1F. The van der Waals surface area contributed by atoms with E-state index in [0.717, 1.165) is 37.4 Å². The monoisotopic (exact) mass is 604 g/mol. The molecule has 2 aliphatic rings. The van der Waals surface area contributed by atoms with Gasteiger partial charge >= 0.3 is 0 Å². The van der Waals surface area contributed by atoms with Crippen molar-refractivity contribution in [3.63, 3.8) is 0 Å². The Morgan fingerprint density at radius 3 is 2.53 bits per heavy atom. The number of benzene rings is 3. The van der Waals surface area contributed by atoms with Gasteiger partial charge in [0, 0.05) is 55.7 Å². The van der Waals surface area contributed by atoms with Gasteiger partial charge in [-0.1, -0.05) is 23.7 Å². The second-order valence-electron chi connectivity index (χ2n) is 10.1. The molecule has 2 N–H and O–H groups in total. The van der Waals surface area contributed by atoms with E-state index < -0.39 is 29.5 Å². The fourth-order valence-corrected chi connectivity index (χ4v) is 5.72. The molecule has 0 aliphatic carbocycles. The van der Waals surface area contributed by atoms with Gasteiger partial charge in [0.1, 0.15) is 18.2 Å². The van der Waals surface area contributed by atoms with Crippen LogP contribution in [0.1, 0.15) is 22.7 Å². The summed E-state index contributed by atoms with van der Waals surface area (Å²) < 4.78 is 29.9. The molecule has 0 bridgehead atoms. The minimum Gasteiger partial charge on any atom is -0.369 e. The molecule has 2 amide bonds. The van der Waals surface area contributed by atoms with Crippen LogP contribution in [0.4, 0.5) is 20.2 Å². The second-order valence-corrected chi connectivity index (χ2v) is 10.6. The lowest BCUT2D eigenvalue weighted by molar-refractivity contribution is -0.135. The molecule has 43 heavy (non-hydrogen) atoms. The fraction of sp³-hybridized carbons (Fsp3) is 0.233. The molecule has 0 spiro atoms. The van der Waals surface area contributed by atoms with E-state index in [1.54, 1.807) is 6.07 Å². The van der Waals surface area contributed by atoms with Gasteiger partial charge in [-0.15, -0.1) is 5.10 Å². The molecule has 0 radical (unpaired) electrons. The van der Waals surface area contributed by atoms with Gasteiger partial charge in [0.05, 0.1) is 10.7 Å². The number of nitrogens with one attached hydrogen (secondary N) is 2. The Morgan fingerprint density at radius 2 is 1.79 bits per heavy atom. The van der Waals surface area contributed by atoms with E-state index in [0.29, 0.717) is 17.7 Å². The Bertz CT molecular complexity index is 1670. The fourth-order valence-electron chi connectivity index (χ4n) is 5.55. The first-order valence-electron chi connectivity index (χ1n) is 13.7. The summed E-state index contributed by atoms with van der Waals surface area (Å²) in [5.41, 5.74) is 3.43. The zero-order chi connectivity index (χ0) is 29.9. The summed E-state index contributed by atoms with van der Waals surface area (Å²) in [6.45, 7) is 3.59. The van der Waals surface area contributed by atoms with E-state index in [4.69, 9.17) is 11.6 Å². The molecule has 0 saturated carbocycles. The van der Waals surface area contributed by atoms with Gasteiger partial charge in [0.2, 0.25) is 5.91 Å². The van der Waals surface area contributed by atoms with E-state index in [9.17, 15) is 14.0 Å². The third-order valence-corrected chi connectivity index (χ3v) is 7.89. The number of carbonyl (C=O) groups excluding carboxylic acids is 2. The van der Waals surface area contributed by atoms with Crippen LogP contribution in [-0.4, -0.2) is 69.6 Å². The van der Waals surface area contributed by atoms with Gasteiger partial charge in [0.15, 0.2) is 5.82 Å². The molecule has 1 aromatic heterocycles. The maximum atomic E-state index is 15.2. The number of carbonyl (C=O) groups is 2. The molecule has 13 heteroatoms. The predicted molar refractivity (Wildman–Crippen MR) is 158 cm³/mol. The maximum absolute atomic E-state index is 15.2. The van der Waals surface area contributed by atoms with Crippen molar-refractivity contribution in [1.29, 1.82) is 0 Å². The molecule has 1 saturated heterocycles. The van der Waals surface area contributed by atoms with Crippen molar-refractivity contribution in [1.82, 2.24) is 30.4 Å². The summed E-state index contributed by atoms with van der Waals surface area (Å²) in [6, 6.07) is 13.1. The minimum atomic E-state index is -0.989. The van der Waals surface area contributed by atoms with Crippen molar-refractivity contribution in [3.05, 3.63) is 100 Å². The number of anilines is 2. The van der Waals surface area contributed by atoms with Gasteiger partial charge < -0.3 is 20.4 Å². The molecule has 1 fully saturated rings. The molecule has 3 aromatic carbocycles. The highest BCUT2D eigenvalue weighted by Crippen LogP contribution is 2.37. The average Bonchev–Trinajstić information content (AvgIpc) is 3.57. The van der Waals surface area contributed by atoms with E-state index in [1.165, 1.54) is 58.4 Å². The topological polar surface area (TPSA) is 108 Å². The van der Waals surface area contributed by atoms with Gasteiger partial charge in [-0.05, 0) is 76.5 Å². The van der Waals surface area contributed by atoms with Crippen LogP contribution < -0.4 is 15.5 Å². The predicted octanol–water partition coefficient (Wildman–Crippen LogP) is 3.78. The normalized spacial score (nSPS) is 16.8. The van der Waals surface area contributed by atoms with Crippen LogP contribution in [0, 0.1) is 11.6 Å². The smallest absolute Gasteiger partial charge is 0.251 e. The molecule has 4 aromatic rings. The van der Waals surface area contributed by atoms with Crippen LogP contribution in [0.5, 0.6) is 0 Å². The molecule has 6 rings (SSSR count).